The third-order valence-corrected chi connectivity index (χ3v) is 6.02. The van der Waals surface area contributed by atoms with Crippen LogP contribution >= 0.6 is 0 Å². The van der Waals surface area contributed by atoms with Crippen molar-refractivity contribution in [1.82, 2.24) is 14.9 Å². The molecule has 0 radical (unpaired) electrons. The summed E-state index contributed by atoms with van der Waals surface area (Å²) in [6.07, 6.45) is 1.84. The van der Waals surface area contributed by atoms with Crippen molar-refractivity contribution in [2.45, 2.75) is 31.8 Å². The number of benzene rings is 2. The number of piperazine rings is 1. The lowest BCUT2D eigenvalue weighted by atomic mass is 9.82. The summed E-state index contributed by atoms with van der Waals surface area (Å²) in [4.78, 5) is 31.5. The van der Waals surface area contributed by atoms with Gasteiger partial charge in [0.1, 0.15) is 18.4 Å². The quantitative estimate of drug-likeness (QED) is 0.667. The molecule has 1 N–H and O–H groups in total. The first kappa shape index (κ1) is 18.5. The van der Waals surface area contributed by atoms with Crippen LogP contribution in [-0.4, -0.2) is 45.5 Å². The number of hydrazone groups is 1. The monoisotopic (exact) mass is 404 g/mol. The average molecular weight is 404 g/mol. The summed E-state index contributed by atoms with van der Waals surface area (Å²) in [5, 5.41) is 6.48. The van der Waals surface area contributed by atoms with E-state index in [1.54, 1.807) is 17.0 Å². The lowest BCUT2D eigenvalue weighted by Gasteiger charge is -2.50. The number of fused-ring (bicyclic) bond motifs is 4. The molecule has 0 aliphatic carbocycles. The van der Waals surface area contributed by atoms with Crippen molar-refractivity contribution in [3.8, 4) is 0 Å². The van der Waals surface area contributed by atoms with Crippen LogP contribution in [0.1, 0.15) is 30.7 Å². The second kappa shape index (κ2) is 6.52. The van der Waals surface area contributed by atoms with E-state index in [9.17, 15) is 14.0 Å². The first-order chi connectivity index (χ1) is 14.4. The second-order valence-corrected chi connectivity index (χ2v) is 8.26. The molecule has 3 aromatic rings. The second-order valence-electron chi connectivity index (χ2n) is 8.26. The number of carbonyl (C=O) groups excluding carboxylic acids is 2. The molecule has 1 saturated heterocycles. The van der Waals surface area contributed by atoms with E-state index in [2.05, 4.69) is 10.1 Å². The molecule has 2 aliphatic heterocycles. The van der Waals surface area contributed by atoms with E-state index in [0.717, 1.165) is 22.2 Å². The Morgan fingerprint density at radius 3 is 2.77 bits per heavy atom. The number of para-hydroxylation sites is 1. The first-order valence-corrected chi connectivity index (χ1v) is 9.89. The zero-order valence-corrected chi connectivity index (χ0v) is 16.7. The van der Waals surface area contributed by atoms with Gasteiger partial charge in [0.25, 0.3) is 5.91 Å². The number of nitrogens with zero attached hydrogens (tertiary/aromatic N) is 3. The molecule has 3 heterocycles. The summed E-state index contributed by atoms with van der Waals surface area (Å²) in [6, 6.07) is 13.3. The van der Waals surface area contributed by atoms with Crippen LogP contribution in [0, 0.1) is 5.82 Å². The summed E-state index contributed by atoms with van der Waals surface area (Å²) >= 11 is 0. The highest BCUT2D eigenvalue weighted by molar-refractivity contribution is 5.98. The molecule has 0 bridgehead atoms. The highest BCUT2D eigenvalue weighted by Crippen LogP contribution is 2.42. The Kier molecular flexibility index (Phi) is 4.03. The molecule has 0 unspecified atom stereocenters. The van der Waals surface area contributed by atoms with E-state index in [4.69, 9.17) is 0 Å². The maximum atomic E-state index is 13.4. The van der Waals surface area contributed by atoms with Crippen molar-refractivity contribution in [2.24, 2.45) is 5.10 Å². The molecule has 2 aromatic carbocycles. The Balaban J connectivity index is 1.52. The number of nitrogens with one attached hydrogen (secondary N) is 1. The standard InChI is InChI=1S/C23H21FN4O2/c1-23(2)21-17(16-8-3-4-9-18(16)26-21)11-19-22(30)27(13-20(29)28(19)23)25-12-14-6-5-7-15(24)10-14/h3-10,12,19,26H,11,13H2,1-2H3/t19-/m0/s1. The zero-order valence-electron chi connectivity index (χ0n) is 16.7. The largest absolute Gasteiger partial charge is 0.356 e. The van der Waals surface area contributed by atoms with Crippen molar-refractivity contribution >= 4 is 28.9 Å². The number of carbonyl (C=O) groups is 2. The van der Waals surface area contributed by atoms with Gasteiger partial charge in [0.2, 0.25) is 5.91 Å². The third kappa shape index (κ3) is 2.73. The van der Waals surface area contributed by atoms with Crippen molar-refractivity contribution in [3.63, 3.8) is 0 Å². The van der Waals surface area contributed by atoms with Crippen LogP contribution in [0.4, 0.5) is 4.39 Å². The van der Waals surface area contributed by atoms with Gasteiger partial charge in [-0.15, -0.1) is 0 Å². The molecule has 1 atom stereocenters. The van der Waals surface area contributed by atoms with E-state index in [0.29, 0.717) is 12.0 Å². The number of H-pyrrole nitrogens is 1. The van der Waals surface area contributed by atoms with Crippen LogP contribution < -0.4 is 0 Å². The van der Waals surface area contributed by atoms with Gasteiger partial charge in [-0.05, 0) is 43.2 Å². The minimum Gasteiger partial charge on any atom is -0.356 e. The number of hydrogen-bond acceptors (Lipinski definition) is 3. The molecule has 2 aliphatic rings. The summed E-state index contributed by atoms with van der Waals surface area (Å²) in [7, 11) is 0. The van der Waals surface area contributed by atoms with Gasteiger partial charge in [-0.3, -0.25) is 9.59 Å². The number of hydrogen-bond donors (Lipinski definition) is 1. The van der Waals surface area contributed by atoms with E-state index < -0.39 is 11.6 Å². The number of aromatic nitrogens is 1. The number of rotatable bonds is 2. The molecule has 0 spiro atoms. The van der Waals surface area contributed by atoms with E-state index in [-0.39, 0.29) is 24.2 Å². The normalized spacial score (nSPS) is 20.7. The van der Waals surface area contributed by atoms with Crippen LogP contribution in [-0.2, 0) is 21.5 Å². The van der Waals surface area contributed by atoms with Gasteiger partial charge < -0.3 is 9.88 Å². The van der Waals surface area contributed by atoms with Crippen LogP contribution in [0.2, 0.25) is 0 Å². The van der Waals surface area contributed by atoms with Crippen LogP contribution in [0.15, 0.2) is 53.6 Å². The topological polar surface area (TPSA) is 68.8 Å². The van der Waals surface area contributed by atoms with Gasteiger partial charge >= 0.3 is 0 Å². The third-order valence-electron chi connectivity index (χ3n) is 6.02. The molecular weight excluding hydrogens is 383 g/mol. The SMILES string of the molecule is CC1(C)c2[nH]c3ccccc3c2C[C@H]2C(=O)N(N=Cc3cccc(F)c3)CC(=O)N21. The molecule has 1 aromatic heterocycles. The Bertz CT molecular complexity index is 1210. The van der Waals surface area contributed by atoms with Crippen molar-refractivity contribution in [1.29, 1.82) is 0 Å². The van der Waals surface area contributed by atoms with Crippen molar-refractivity contribution < 1.29 is 14.0 Å². The molecule has 30 heavy (non-hydrogen) atoms. The molecule has 7 heteroatoms. The van der Waals surface area contributed by atoms with Crippen molar-refractivity contribution in [2.75, 3.05) is 6.54 Å². The number of aromatic amines is 1. The fourth-order valence-electron chi connectivity index (χ4n) is 4.69. The van der Waals surface area contributed by atoms with Gasteiger partial charge in [0, 0.05) is 23.0 Å². The predicted molar refractivity (Wildman–Crippen MR) is 111 cm³/mol. The molecule has 152 valence electrons. The zero-order chi connectivity index (χ0) is 21.0. The Morgan fingerprint density at radius 1 is 1.17 bits per heavy atom. The van der Waals surface area contributed by atoms with Crippen LogP contribution in [0.5, 0.6) is 0 Å². The van der Waals surface area contributed by atoms with Gasteiger partial charge in [-0.25, -0.2) is 9.40 Å². The number of amides is 2. The van der Waals surface area contributed by atoms with Crippen LogP contribution in [0.25, 0.3) is 10.9 Å². The highest BCUT2D eigenvalue weighted by atomic mass is 19.1. The van der Waals surface area contributed by atoms with Crippen molar-refractivity contribution in [3.05, 3.63) is 71.2 Å². The predicted octanol–water partition coefficient (Wildman–Crippen LogP) is 3.17. The Morgan fingerprint density at radius 2 is 1.97 bits per heavy atom. The van der Waals surface area contributed by atoms with E-state index in [1.807, 2.05) is 38.1 Å². The Labute approximate surface area is 173 Å². The van der Waals surface area contributed by atoms with Gasteiger partial charge in [-0.2, -0.15) is 5.10 Å². The van der Waals surface area contributed by atoms with Gasteiger partial charge in [0.05, 0.1) is 11.8 Å². The van der Waals surface area contributed by atoms with Gasteiger partial charge in [0.15, 0.2) is 0 Å². The highest BCUT2D eigenvalue weighted by Gasteiger charge is 2.51. The van der Waals surface area contributed by atoms with Crippen LogP contribution in [0.3, 0.4) is 0 Å². The minimum absolute atomic E-state index is 0.139. The fourth-order valence-corrected chi connectivity index (χ4v) is 4.69. The molecule has 2 amide bonds. The van der Waals surface area contributed by atoms with Gasteiger partial charge in [-0.1, -0.05) is 30.3 Å². The summed E-state index contributed by atoms with van der Waals surface area (Å²) in [6.45, 7) is 3.79. The molecule has 0 saturated carbocycles. The van der Waals surface area contributed by atoms with E-state index >= 15 is 0 Å². The fraction of sp³-hybridized carbons (Fsp3) is 0.261. The molecule has 5 rings (SSSR count). The Hall–Kier alpha value is -3.48. The lowest BCUT2D eigenvalue weighted by Crippen LogP contribution is -2.66. The average Bonchev–Trinajstić information content (AvgIpc) is 3.09. The summed E-state index contributed by atoms with van der Waals surface area (Å²) < 4.78 is 13.4. The maximum Gasteiger partial charge on any atom is 0.266 e. The molecule has 1 fully saturated rings. The first-order valence-electron chi connectivity index (χ1n) is 9.89. The smallest absolute Gasteiger partial charge is 0.266 e. The lowest BCUT2D eigenvalue weighted by molar-refractivity contribution is -0.163. The molecular formula is C23H21FN4O2. The summed E-state index contributed by atoms with van der Waals surface area (Å²) in [5.41, 5.74) is 2.91. The molecule has 6 nitrogen and oxygen atoms in total. The number of halogens is 1. The summed E-state index contributed by atoms with van der Waals surface area (Å²) in [5.74, 6) is -0.774. The van der Waals surface area contributed by atoms with E-state index in [1.165, 1.54) is 23.4 Å². The maximum absolute atomic E-state index is 13.4. The minimum atomic E-state index is -0.650.